The lowest BCUT2D eigenvalue weighted by atomic mass is 10.1. The fraction of sp³-hybridized carbons (Fsp3) is 0.421. The van der Waals surface area contributed by atoms with Crippen LogP contribution in [0.25, 0.3) is 0 Å². The number of aryl methyl sites for hydroxylation is 2. The first kappa shape index (κ1) is 18.5. The van der Waals surface area contributed by atoms with E-state index in [4.69, 9.17) is 11.6 Å². The molecule has 1 aromatic heterocycles. The highest BCUT2D eigenvalue weighted by atomic mass is 35.5. The zero-order valence-electron chi connectivity index (χ0n) is 15.5. The summed E-state index contributed by atoms with van der Waals surface area (Å²) in [4.78, 5) is 17.7. The van der Waals surface area contributed by atoms with Gasteiger partial charge in [0.15, 0.2) is 5.96 Å². The Hall–Kier alpha value is -2.34. The molecule has 26 heavy (non-hydrogen) atoms. The van der Waals surface area contributed by atoms with E-state index in [1.807, 2.05) is 26.1 Å². The normalized spacial score (nSPS) is 15.3. The standard InChI is InChI=1S/C19H25ClN6/c1-14-4-5-16(20)12-18(14)25-8-10-26(11-9-25)19(21-3)23-13-17-6-7-22-15(2)24-17/h4-7,12H,8-11,13H2,1-3H3,(H,21,23). The number of nitrogens with zero attached hydrogens (tertiary/aromatic N) is 5. The molecule has 1 aliphatic rings. The summed E-state index contributed by atoms with van der Waals surface area (Å²) < 4.78 is 0. The van der Waals surface area contributed by atoms with E-state index in [0.29, 0.717) is 6.54 Å². The average molecular weight is 373 g/mol. The van der Waals surface area contributed by atoms with Crippen LogP contribution in [0, 0.1) is 13.8 Å². The van der Waals surface area contributed by atoms with Crippen LogP contribution in [0.1, 0.15) is 17.1 Å². The number of hydrogen-bond donors (Lipinski definition) is 1. The van der Waals surface area contributed by atoms with Crippen molar-refractivity contribution in [1.29, 1.82) is 0 Å². The van der Waals surface area contributed by atoms with Crippen molar-refractivity contribution in [3.05, 3.63) is 52.6 Å². The highest BCUT2D eigenvalue weighted by Crippen LogP contribution is 2.25. The van der Waals surface area contributed by atoms with Gasteiger partial charge in [-0.2, -0.15) is 0 Å². The SMILES string of the molecule is CN=C(NCc1ccnc(C)n1)N1CCN(c2cc(Cl)ccc2C)CC1. The molecule has 1 saturated heterocycles. The van der Waals surface area contributed by atoms with Gasteiger partial charge in [0.25, 0.3) is 0 Å². The van der Waals surface area contributed by atoms with Crippen LogP contribution in [0.15, 0.2) is 35.5 Å². The molecule has 1 N–H and O–H groups in total. The van der Waals surface area contributed by atoms with Crippen LogP contribution >= 0.6 is 11.6 Å². The van der Waals surface area contributed by atoms with Crippen LogP contribution in [0.5, 0.6) is 0 Å². The van der Waals surface area contributed by atoms with Crippen LogP contribution in [-0.2, 0) is 6.54 Å². The van der Waals surface area contributed by atoms with E-state index in [1.165, 1.54) is 11.3 Å². The highest BCUT2D eigenvalue weighted by molar-refractivity contribution is 6.30. The second kappa shape index (κ2) is 8.36. The van der Waals surface area contributed by atoms with Gasteiger partial charge in [0.1, 0.15) is 5.82 Å². The van der Waals surface area contributed by atoms with Crippen molar-refractivity contribution in [2.45, 2.75) is 20.4 Å². The molecule has 2 heterocycles. The number of benzene rings is 1. The Morgan fingerprint density at radius 1 is 1.19 bits per heavy atom. The third-order valence-corrected chi connectivity index (χ3v) is 4.80. The van der Waals surface area contributed by atoms with Crippen molar-refractivity contribution in [2.24, 2.45) is 4.99 Å². The van der Waals surface area contributed by atoms with Crippen LogP contribution in [0.4, 0.5) is 5.69 Å². The summed E-state index contributed by atoms with van der Waals surface area (Å²) in [7, 11) is 1.82. The van der Waals surface area contributed by atoms with E-state index in [-0.39, 0.29) is 0 Å². The summed E-state index contributed by atoms with van der Waals surface area (Å²) in [5.74, 6) is 1.69. The minimum atomic E-state index is 0.643. The molecule has 138 valence electrons. The molecule has 0 radical (unpaired) electrons. The number of piperazine rings is 1. The highest BCUT2D eigenvalue weighted by Gasteiger charge is 2.21. The maximum Gasteiger partial charge on any atom is 0.194 e. The Bertz CT molecular complexity index is 783. The first-order valence-corrected chi connectivity index (χ1v) is 9.20. The molecule has 2 aromatic rings. The summed E-state index contributed by atoms with van der Waals surface area (Å²) in [5.41, 5.74) is 3.44. The van der Waals surface area contributed by atoms with Gasteiger partial charge >= 0.3 is 0 Å². The smallest absolute Gasteiger partial charge is 0.194 e. The van der Waals surface area contributed by atoms with E-state index < -0.39 is 0 Å². The lowest BCUT2D eigenvalue weighted by Crippen LogP contribution is -2.52. The van der Waals surface area contributed by atoms with Gasteiger partial charge in [-0.05, 0) is 37.6 Å². The zero-order valence-corrected chi connectivity index (χ0v) is 16.3. The monoisotopic (exact) mass is 372 g/mol. The second-order valence-corrected chi connectivity index (χ2v) is 6.84. The lowest BCUT2D eigenvalue weighted by molar-refractivity contribution is 0.372. The lowest BCUT2D eigenvalue weighted by Gasteiger charge is -2.38. The van der Waals surface area contributed by atoms with Gasteiger partial charge in [0.2, 0.25) is 0 Å². The Balaban J connectivity index is 1.58. The van der Waals surface area contributed by atoms with E-state index in [2.05, 4.69) is 49.1 Å². The molecule has 0 aliphatic carbocycles. The summed E-state index contributed by atoms with van der Waals surface area (Å²) >= 11 is 6.17. The largest absolute Gasteiger partial charge is 0.368 e. The average Bonchev–Trinajstić information content (AvgIpc) is 2.65. The van der Waals surface area contributed by atoms with Crippen molar-refractivity contribution in [3.63, 3.8) is 0 Å². The van der Waals surface area contributed by atoms with Crippen LogP contribution in [0.2, 0.25) is 5.02 Å². The van der Waals surface area contributed by atoms with Crippen LogP contribution < -0.4 is 10.2 Å². The Kier molecular flexibility index (Phi) is 5.93. The van der Waals surface area contributed by atoms with Crippen LogP contribution in [0.3, 0.4) is 0 Å². The number of hydrogen-bond acceptors (Lipinski definition) is 4. The van der Waals surface area contributed by atoms with Gasteiger partial charge in [0.05, 0.1) is 12.2 Å². The molecule has 3 rings (SSSR count). The molecule has 6 nitrogen and oxygen atoms in total. The molecule has 0 spiro atoms. The van der Waals surface area contributed by atoms with Crippen molar-refractivity contribution < 1.29 is 0 Å². The summed E-state index contributed by atoms with van der Waals surface area (Å²) in [6.07, 6.45) is 1.79. The number of halogens is 1. The third-order valence-electron chi connectivity index (χ3n) is 4.56. The van der Waals surface area contributed by atoms with Gasteiger partial charge < -0.3 is 15.1 Å². The number of nitrogens with one attached hydrogen (secondary N) is 1. The maximum atomic E-state index is 6.17. The second-order valence-electron chi connectivity index (χ2n) is 6.40. The predicted molar refractivity (Wildman–Crippen MR) is 107 cm³/mol. The molecule has 0 bridgehead atoms. The molecule has 0 atom stereocenters. The zero-order chi connectivity index (χ0) is 18.5. The number of aliphatic imine (C=N–C) groups is 1. The van der Waals surface area contributed by atoms with Crippen molar-refractivity contribution in [1.82, 2.24) is 20.2 Å². The molecular weight excluding hydrogens is 348 g/mol. The minimum Gasteiger partial charge on any atom is -0.368 e. The Morgan fingerprint density at radius 2 is 1.96 bits per heavy atom. The Labute approximate surface area is 159 Å². The first-order chi connectivity index (χ1) is 12.6. The fourth-order valence-corrected chi connectivity index (χ4v) is 3.35. The quantitative estimate of drug-likeness (QED) is 0.663. The molecular formula is C19H25ClN6. The third kappa shape index (κ3) is 4.43. The number of rotatable bonds is 3. The molecule has 0 unspecified atom stereocenters. The van der Waals surface area contributed by atoms with Crippen LogP contribution in [-0.4, -0.2) is 54.1 Å². The van der Waals surface area contributed by atoms with Gasteiger partial charge in [-0.1, -0.05) is 17.7 Å². The molecule has 0 amide bonds. The van der Waals surface area contributed by atoms with Crippen molar-refractivity contribution in [2.75, 3.05) is 38.1 Å². The molecule has 0 saturated carbocycles. The van der Waals surface area contributed by atoms with E-state index in [0.717, 1.165) is 48.7 Å². The van der Waals surface area contributed by atoms with E-state index in [9.17, 15) is 0 Å². The predicted octanol–water partition coefficient (Wildman–Crippen LogP) is 2.64. The minimum absolute atomic E-state index is 0.643. The fourth-order valence-electron chi connectivity index (χ4n) is 3.19. The molecule has 7 heteroatoms. The summed E-state index contributed by atoms with van der Waals surface area (Å²) in [5, 5.41) is 4.19. The molecule has 1 aromatic carbocycles. The van der Waals surface area contributed by atoms with Gasteiger partial charge in [-0.3, -0.25) is 4.99 Å². The van der Waals surface area contributed by atoms with E-state index in [1.54, 1.807) is 6.20 Å². The van der Waals surface area contributed by atoms with Gasteiger partial charge in [-0.15, -0.1) is 0 Å². The Morgan fingerprint density at radius 3 is 2.65 bits per heavy atom. The molecule has 1 aliphatic heterocycles. The van der Waals surface area contributed by atoms with Crippen molar-refractivity contribution in [3.8, 4) is 0 Å². The molecule has 1 fully saturated rings. The number of aromatic nitrogens is 2. The van der Waals surface area contributed by atoms with Gasteiger partial charge in [-0.25, -0.2) is 9.97 Å². The number of guanidine groups is 1. The number of anilines is 1. The summed E-state index contributed by atoms with van der Waals surface area (Å²) in [6, 6.07) is 8.00. The first-order valence-electron chi connectivity index (χ1n) is 8.82. The maximum absolute atomic E-state index is 6.17. The summed E-state index contributed by atoms with van der Waals surface area (Å²) in [6.45, 7) is 8.37. The van der Waals surface area contributed by atoms with Crippen molar-refractivity contribution >= 4 is 23.2 Å². The van der Waals surface area contributed by atoms with E-state index >= 15 is 0 Å². The van der Waals surface area contributed by atoms with Gasteiger partial charge in [0, 0.05) is 50.1 Å². The topological polar surface area (TPSA) is 56.7 Å².